The van der Waals surface area contributed by atoms with Crippen molar-refractivity contribution in [3.63, 3.8) is 0 Å². The van der Waals surface area contributed by atoms with Crippen LogP contribution in [0.15, 0.2) is 42.5 Å². The molecule has 3 aromatic rings. The molecule has 0 amide bonds. The minimum atomic E-state index is 0.597. The predicted molar refractivity (Wildman–Crippen MR) is 83.9 cm³/mol. The maximum absolute atomic E-state index is 9.26. The van der Waals surface area contributed by atoms with Gasteiger partial charge in [-0.15, -0.1) is 0 Å². The molecule has 0 aliphatic carbocycles. The molecule has 0 radical (unpaired) electrons. The highest BCUT2D eigenvalue weighted by Gasteiger charge is 2.09. The second-order valence-electron chi connectivity index (χ2n) is 5.05. The summed E-state index contributed by atoms with van der Waals surface area (Å²) in [5.41, 5.74) is 4.62. The molecule has 0 saturated carbocycles. The third-order valence-electron chi connectivity index (χ3n) is 3.67. The summed E-state index contributed by atoms with van der Waals surface area (Å²) in [6.07, 6.45) is 0. The number of nitrogens with zero attached hydrogens (tertiary/aromatic N) is 3. The molecule has 0 saturated heterocycles. The molecule has 21 heavy (non-hydrogen) atoms. The zero-order valence-electron chi connectivity index (χ0n) is 12.1. The topological polar surface area (TPSA) is 53.6 Å². The fourth-order valence-corrected chi connectivity index (χ4v) is 2.56. The number of para-hydroxylation sites is 1. The van der Waals surface area contributed by atoms with Gasteiger partial charge >= 0.3 is 0 Å². The van der Waals surface area contributed by atoms with Gasteiger partial charge in [0.25, 0.3) is 0 Å². The number of anilines is 1. The van der Waals surface area contributed by atoms with E-state index in [9.17, 15) is 5.26 Å². The quantitative estimate of drug-likeness (QED) is 0.798. The maximum atomic E-state index is 9.26. The Morgan fingerprint density at radius 3 is 2.81 bits per heavy atom. The summed E-state index contributed by atoms with van der Waals surface area (Å²) in [5, 5.41) is 18.3. The summed E-state index contributed by atoms with van der Waals surface area (Å²) >= 11 is 0. The highest BCUT2D eigenvalue weighted by molar-refractivity contribution is 5.82. The lowest BCUT2D eigenvalue weighted by Gasteiger charge is -2.08. The van der Waals surface area contributed by atoms with E-state index in [1.807, 2.05) is 49.0 Å². The van der Waals surface area contributed by atoms with Crippen LogP contribution in [0.2, 0.25) is 0 Å². The van der Waals surface area contributed by atoms with Gasteiger partial charge in [0.15, 0.2) is 0 Å². The van der Waals surface area contributed by atoms with Crippen molar-refractivity contribution in [2.75, 3.05) is 5.32 Å². The second kappa shape index (κ2) is 5.29. The monoisotopic (exact) mass is 276 g/mol. The summed E-state index contributed by atoms with van der Waals surface area (Å²) in [6.45, 7) is 2.54. The third-order valence-corrected chi connectivity index (χ3v) is 3.67. The van der Waals surface area contributed by atoms with Crippen LogP contribution in [-0.2, 0) is 13.6 Å². The normalized spacial score (nSPS) is 10.5. The van der Waals surface area contributed by atoms with Gasteiger partial charge in [0, 0.05) is 12.4 Å². The van der Waals surface area contributed by atoms with Crippen molar-refractivity contribution in [1.29, 1.82) is 5.26 Å². The highest BCUT2D eigenvalue weighted by atomic mass is 15.3. The fourth-order valence-electron chi connectivity index (χ4n) is 2.56. The van der Waals surface area contributed by atoms with E-state index in [1.54, 1.807) is 0 Å². The number of nitriles is 1. The van der Waals surface area contributed by atoms with Crippen LogP contribution in [0.1, 0.15) is 16.8 Å². The first-order valence-corrected chi connectivity index (χ1v) is 6.85. The van der Waals surface area contributed by atoms with Crippen LogP contribution in [-0.4, -0.2) is 9.78 Å². The number of benzene rings is 2. The van der Waals surface area contributed by atoms with Crippen LogP contribution in [0.4, 0.5) is 5.69 Å². The minimum absolute atomic E-state index is 0.597. The summed E-state index contributed by atoms with van der Waals surface area (Å²) in [6, 6.07) is 16.2. The highest BCUT2D eigenvalue weighted by Crippen LogP contribution is 2.21. The van der Waals surface area contributed by atoms with E-state index in [2.05, 4.69) is 28.6 Å². The van der Waals surface area contributed by atoms with Crippen LogP contribution in [0, 0.1) is 18.3 Å². The van der Waals surface area contributed by atoms with Crippen LogP contribution in [0.3, 0.4) is 0 Å². The van der Waals surface area contributed by atoms with Crippen LogP contribution >= 0.6 is 0 Å². The zero-order valence-corrected chi connectivity index (χ0v) is 12.1. The molecular weight excluding hydrogens is 260 g/mol. The lowest BCUT2D eigenvalue weighted by atomic mass is 10.1. The van der Waals surface area contributed by atoms with Gasteiger partial charge < -0.3 is 5.32 Å². The third kappa shape index (κ3) is 2.34. The number of hydrogen-bond acceptors (Lipinski definition) is 3. The Morgan fingerprint density at radius 2 is 2.00 bits per heavy atom. The Kier molecular flexibility index (Phi) is 3.33. The second-order valence-corrected chi connectivity index (χ2v) is 5.05. The Balaban J connectivity index is 1.91. The Morgan fingerprint density at radius 1 is 1.19 bits per heavy atom. The first-order valence-electron chi connectivity index (χ1n) is 6.85. The summed E-state index contributed by atoms with van der Waals surface area (Å²) in [5.74, 6) is 0. The molecule has 2 aromatic carbocycles. The van der Waals surface area contributed by atoms with Crippen molar-refractivity contribution in [2.24, 2.45) is 7.05 Å². The van der Waals surface area contributed by atoms with Crippen molar-refractivity contribution in [3.8, 4) is 6.07 Å². The number of hydrogen-bond donors (Lipinski definition) is 1. The molecule has 0 atom stereocenters. The van der Waals surface area contributed by atoms with Crippen molar-refractivity contribution < 1.29 is 0 Å². The van der Waals surface area contributed by atoms with E-state index >= 15 is 0 Å². The summed E-state index contributed by atoms with van der Waals surface area (Å²) in [4.78, 5) is 0. The van der Waals surface area contributed by atoms with E-state index in [0.717, 1.165) is 27.8 Å². The number of rotatable bonds is 3. The number of fused-ring (bicyclic) bond motifs is 1. The molecule has 4 heteroatoms. The van der Waals surface area contributed by atoms with Crippen molar-refractivity contribution in [2.45, 2.75) is 13.5 Å². The molecule has 1 N–H and O–H groups in total. The predicted octanol–water partition coefficient (Wildman–Crippen LogP) is 3.37. The van der Waals surface area contributed by atoms with Crippen molar-refractivity contribution >= 4 is 16.6 Å². The van der Waals surface area contributed by atoms with E-state index in [0.29, 0.717) is 12.1 Å². The molecule has 0 aliphatic heterocycles. The van der Waals surface area contributed by atoms with Crippen molar-refractivity contribution in [1.82, 2.24) is 9.78 Å². The molecule has 0 bridgehead atoms. The Hall–Kier alpha value is -2.80. The molecule has 1 heterocycles. The lowest BCUT2D eigenvalue weighted by Crippen LogP contribution is -2.03. The van der Waals surface area contributed by atoms with E-state index in [-0.39, 0.29) is 0 Å². The fraction of sp³-hybridized carbons (Fsp3) is 0.176. The molecule has 3 rings (SSSR count). The number of aromatic nitrogens is 2. The van der Waals surface area contributed by atoms with Crippen LogP contribution in [0.25, 0.3) is 10.9 Å². The molecule has 0 unspecified atom stereocenters. The minimum Gasteiger partial charge on any atom is -0.378 e. The van der Waals surface area contributed by atoms with Gasteiger partial charge in [-0.1, -0.05) is 30.3 Å². The molecule has 0 spiro atoms. The van der Waals surface area contributed by atoms with E-state index in [4.69, 9.17) is 0 Å². The molecule has 1 aromatic heterocycles. The zero-order chi connectivity index (χ0) is 14.8. The maximum Gasteiger partial charge on any atom is 0.102 e. The van der Waals surface area contributed by atoms with E-state index in [1.165, 1.54) is 0 Å². The summed E-state index contributed by atoms with van der Waals surface area (Å²) < 4.78 is 1.88. The molecule has 0 fully saturated rings. The van der Waals surface area contributed by atoms with Gasteiger partial charge in [-0.3, -0.25) is 4.68 Å². The molecule has 104 valence electrons. The smallest absolute Gasteiger partial charge is 0.102 e. The van der Waals surface area contributed by atoms with E-state index < -0.39 is 0 Å². The summed E-state index contributed by atoms with van der Waals surface area (Å²) in [7, 11) is 1.94. The first-order chi connectivity index (χ1) is 10.2. The lowest BCUT2D eigenvalue weighted by molar-refractivity contribution is 0.771. The van der Waals surface area contributed by atoms with Crippen LogP contribution in [0.5, 0.6) is 0 Å². The van der Waals surface area contributed by atoms with Crippen molar-refractivity contribution in [3.05, 3.63) is 59.3 Å². The Bertz CT molecular complexity index is 840. The molecule has 4 nitrogen and oxygen atoms in total. The van der Waals surface area contributed by atoms with Gasteiger partial charge in [-0.2, -0.15) is 10.4 Å². The average molecular weight is 276 g/mol. The SMILES string of the molecule is Cc1cccc(NCc2nn(C)c3ccccc23)c1C#N. The number of nitrogens with one attached hydrogen (secondary N) is 1. The Labute approximate surface area is 123 Å². The van der Waals surface area contributed by atoms with Crippen LogP contribution < -0.4 is 5.32 Å². The van der Waals surface area contributed by atoms with Gasteiger partial charge in [0.2, 0.25) is 0 Å². The van der Waals surface area contributed by atoms with Gasteiger partial charge in [0.1, 0.15) is 6.07 Å². The molecule has 0 aliphatic rings. The standard InChI is InChI=1S/C17H16N4/c1-12-6-5-8-15(14(12)10-18)19-11-16-13-7-3-4-9-17(13)21(2)20-16/h3-9,19H,11H2,1-2H3. The molecular formula is C17H16N4. The number of aryl methyl sites for hydroxylation is 2. The first kappa shape index (κ1) is 13.2. The largest absolute Gasteiger partial charge is 0.378 e. The average Bonchev–Trinajstić information content (AvgIpc) is 2.82. The van der Waals surface area contributed by atoms with Gasteiger partial charge in [-0.05, 0) is 24.6 Å². The van der Waals surface area contributed by atoms with Gasteiger partial charge in [0.05, 0.1) is 29.0 Å². The van der Waals surface area contributed by atoms with Gasteiger partial charge in [-0.25, -0.2) is 0 Å².